The van der Waals surface area contributed by atoms with Gasteiger partial charge >= 0.3 is 5.97 Å². The first kappa shape index (κ1) is 12.8. The maximum atomic E-state index is 13.9. The molecule has 6 heteroatoms. The summed E-state index contributed by atoms with van der Waals surface area (Å²) in [6.07, 6.45) is 5.12. The van der Waals surface area contributed by atoms with Gasteiger partial charge < -0.3 is 16.2 Å². The Kier molecular flexibility index (Phi) is 3.76. The number of hydrogen-bond donors (Lipinski definition) is 3. The van der Waals surface area contributed by atoms with E-state index in [9.17, 15) is 9.18 Å². The first-order chi connectivity index (χ1) is 8.59. The summed E-state index contributed by atoms with van der Waals surface area (Å²) < 4.78 is 13.9. The molecule has 1 aliphatic carbocycles. The van der Waals surface area contributed by atoms with Gasteiger partial charge in [0.05, 0.1) is 0 Å². The highest BCUT2D eigenvalue weighted by atomic mass is 19.1. The smallest absolute Gasteiger partial charge is 0.338 e. The van der Waals surface area contributed by atoms with Crippen LogP contribution < -0.4 is 11.1 Å². The highest BCUT2D eigenvalue weighted by Crippen LogP contribution is 2.22. The number of carbonyl (C=O) groups is 1. The molecule has 0 radical (unpaired) electrons. The lowest BCUT2D eigenvalue weighted by molar-refractivity contribution is 0.0692. The van der Waals surface area contributed by atoms with Gasteiger partial charge in [-0.15, -0.1) is 0 Å². The van der Waals surface area contributed by atoms with E-state index in [1.807, 2.05) is 0 Å². The van der Waals surface area contributed by atoms with E-state index in [4.69, 9.17) is 10.8 Å². The summed E-state index contributed by atoms with van der Waals surface area (Å²) in [6, 6.07) is 1.04. The number of carboxylic acids is 1. The van der Waals surface area contributed by atoms with Crippen LogP contribution in [0.15, 0.2) is 12.3 Å². The van der Waals surface area contributed by atoms with Crippen LogP contribution in [-0.4, -0.2) is 28.1 Å². The summed E-state index contributed by atoms with van der Waals surface area (Å²) in [5.41, 5.74) is 5.57. The van der Waals surface area contributed by atoms with Crippen LogP contribution in [-0.2, 0) is 0 Å². The third-order valence-corrected chi connectivity index (χ3v) is 3.26. The normalized spacial score (nSPS) is 23.7. The van der Waals surface area contributed by atoms with E-state index in [2.05, 4.69) is 10.3 Å². The standard InChI is InChI=1S/C12H16FN3O2/c13-10-7(12(17)18)5-6-15-11(10)16-9-4-2-1-3-8(9)14/h5-6,8-9H,1-4,14H2,(H,15,16)(H,17,18). The molecule has 0 saturated heterocycles. The molecule has 0 amide bonds. The van der Waals surface area contributed by atoms with Crippen LogP contribution >= 0.6 is 0 Å². The second-order valence-corrected chi connectivity index (χ2v) is 4.53. The zero-order valence-electron chi connectivity index (χ0n) is 9.90. The van der Waals surface area contributed by atoms with Crippen LogP contribution in [0, 0.1) is 5.82 Å². The largest absolute Gasteiger partial charge is 0.478 e. The van der Waals surface area contributed by atoms with Crippen LogP contribution in [0.3, 0.4) is 0 Å². The topological polar surface area (TPSA) is 88.2 Å². The summed E-state index contributed by atoms with van der Waals surface area (Å²) in [5, 5.41) is 11.7. The molecule has 0 spiro atoms. The number of carboxylic acid groups (broad SMARTS) is 1. The number of rotatable bonds is 3. The summed E-state index contributed by atoms with van der Waals surface area (Å²) in [4.78, 5) is 14.7. The third-order valence-electron chi connectivity index (χ3n) is 3.26. The average molecular weight is 253 g/mol. The quantitative estimate of drug-likeness (QED) is 0.761. The zero-order valence-corrected chi connectivity index (χ0v) is 9.90. The second-order valence-electron chi connectivity index (χ2n) is 4.53. The predicted octanol–water partition coefficient (Wildman–Crippen LogP) is 1.60. The van der Waals surface area contributed by atoms with Crippen LogP contribution in [0.1, 0.15) is 36.0 Å². The number of nitrogens with two attached hydrogens (primary N) is 1. The van der Waals surface area contributed by atoms with E-state index >= 15 is 0 Å². The summed E-state index contributed by atoms with van der Waals surface area (Å²) in [7, 11) is 0. The molecule has 2 rings (SSSR count). The van der Waals surface area contributed by atoms with E-state index < -0.39 is 11.8 Å². The maximum Gasteiger partial charge on any atom is 0.338 e. The number of aromatic carboxylic acids is 1. The Balaban J connectivity index is 2.18. The fourth-order valence-corrected chi connectivity index (χ4v) is 2.22. The SMILES string of the molecule is NC1CCCCC1Nc1nccc(C(=O)O)c1F. The Morgan fingerprint density at radius 3 is 2.89 bits per heavy atom. The Hall–Kier alpha value is -1.69. The lowest BCUT2D eigenvalue weighted by Gasteiger charge is -2.29. The molecule has 2 atom stereocenters. The molecule has 0 bridgehead atoms. The van der Waals surface area contributed by atoms with Gasteiger partial charge in [-0.2, -0.15) is 0 Å². The summed E-state index contributed by atoms with van der Waals surface area (Å²) in [6.45, 7) is 0. The lowest BCUT2D eigenvalue weighted by atomic mass is 9.91. The molecule has 1 heterocycles. The highest BCUT2D eigenvalue weighted by Gasteiger charge is 2.24. The van der Waals surface area contributed by atoms with Gasteiger partial charge in [-0.3, -0.25) is 0 Å². The average Bonchev–Trinajstić information content (AvgIpc) is 2.34. The van der Waals surface area contributed by atoms with Crippen molar-refractivity contribution in [2.45, 2.75) is 37.8 Å². The number of hydrogen-bond acceptors (Lipinski definition) is 4. The zero-order chi connectivity index (χ0) is 13.1. The van der Waals surface area contributed by atoms with Crippen LogP contribution in [0.2, 0.25) is 0 Å². The van der Waals surface area contributed by atoms with Crippen molar-refractivity contribution in [2.75, 3.05) is 5.32 Å². The number of anilines is 1. The van der Waals surface area contributed by atoms with E-state index in [0.717, 1.165) is 31.7 Å². The number of aromatic nitrogens is 1. The monoisotopic (exact) mass is 253 g/mol. The minimum atomic E-state index is -1.30. The minimum absolute atomic E-state index is 0.0303. The first-order valence-electron chi connectivity index (χ1n) is 5.99. The lowest BCUT2D eigenvalue weighted by Crippen LogP contribution is -2.43. The molecule has 98 valence electrons. The number of pyridine rings is 1. The van der Waals surface area contributed by atoms with Crippen LogP contribution in [0.25, 0.3) is 0 Å². The van der Waals surface area contributed by atoms with Gasteiger partial charge in [0.2, 0.25) is 0 Å². The van der Waals surface area contributed by atoms with Gasteiger partial charge in [-0.1, -0.05) is 12.8 Å². The van der Waals surface area contributed by atoms with Crippen LogP contribution in [0.4, 0.5) is 10.2 Å². The molecule has 1 aliphatic rings. The molecule has 18 heavy (non-hydrogen) atoms. The third kappa shape index (κ3) is 2.59. The number of nitrogens with zero attached hydrogens (tertiary/aromatic N) is 1. The fraction of sp³-hybridized carbons (Fsp3) is 0.500. The second kappa shape index (κ2) is 5.30. The molecule has 4 N–H and O–H groups in total. The molecule has 0 aromatic carbocycles. The molecule has 1 fully saturated rings. The van der Waals surface area contributed by atoms with Gasteiger partial charge in [-0.05, 0) is 18.9 Å². The molecule has 1 saturated carbocycles. The molecule has 1 aromatic heterocycles. The Bertz CT molecular complexity index is 453. The maximum absolute atomic E-state index is 13.9. The Morgan fingerprint density at radius 1 is 1.50 bits per heavy atom. The number of nitrogens with one attached hydrogen (secondary N) is 1. The van der Waals surface area contributed by atoms with Gasteiger partial charge in [0.1, 0.15) is 5.56 Å². The first-order valence-corrected chi connectivity index (χ1v) is 5.99. The summed E-state index contributed by atoms with van der Waals surface area (Å²) in [5.74, 6) is -2.16. The van der Waals surface area contributed by atoms with Crippen molar-refractivity contribution in [3.63, 3.8) is 0 Å². The predicted molar refractivity (Wildman–Crippen MR) is 65.0 cm³/mol. The van der Waals surface area contributed by atoms with Crippen molar-refractivity contribution in [3.8, 4) is 0 Å². The molecule has 1 aromatic rings. The molecular formula is C12H16FN3O2. The van der Waals surface area contributed by atoms with Crippen LogP contribution in [0.5, 0.6) is 0 Å². The fourth-order valence-electron chi connectivity index (χ4n) is 2.22. The van der Waals surface area contributed by atoms with Crippen molar-refractivity contribution < 1.29 is 14.3 Å². The molecular weight excluding hydrogens is 237 g/mol. The van der Waals surface area contributed by atoms with Crippen molar-refractivity contribution >= 4 is 11.8 Å². The van der Waals surface area contributed by atoms with Crippen molar-refractivity contribution in [1.29, 1.82) is 0 Å². The Labute approximate surface area is 104 Å². The summed E-state index contributed by atoms with van der Waals surface area (Å²) >= 11 is 0. The van der Waals surface area contributed by atoms with E-state index in [0.29, 0.717) is 0 Å². The van der Waals surface area contributed by atoms with Crippen molar-refractivity contribution in [3.05, 3.63) is 23.6 Å². The number of halogens is 1. The van der Waals surface area contributed by atoms with E-state index in [1.165, 1.54) is 6.20 Å². The Morgan fingerprint density at radius 2 is 2.22 bits per heavy atom. The molecule has 0 aliphatic heterocycles. The molecule has 2 unspecified atom stereocenters. The highest BCUT2D eigenvalue weighted by molar-refractivity contribution is 5.88. The van der Waals surface area contributed by atoms with Gasteiger partial charge in [0, 0.05) is 18.3 Å². The van der Waals surface area contributed by atoms with Gasteiger partial charge in [-0.25, -0.2) is 14.2 Å². The van der Waals surface area contributed by atoms with E-state index in [1.54, 1.807) is 0 Å². The minimum Gasteiger partial charge on any atom is -0.478 e. The van der Waals surface area contributed by atoms with Crippen molar-refractivity contribution in [2.24, 2.45) is 5.73 Å². The van der Waals surface area contributed by atoms with Gasteiger partial charge in [0.15, 0.2) is 11.6 Å². The van der Waals surface area contributed by atoms with E-state index in [-0.39, 0.29) is 23.5 Å². The molecule has 5 nitrogen and oxygen atoms in total. The van der Waals surface area contributed by atoms with Crippen molar-refractivity contribution in [1.82, 2.24) is 4.98 Å². The van der Waals surface area contributed by atoms with Gasteiger partial charge in [0.25, 0.3) is 0 Å².